The van der Waals surface area contributed by atoms with E-state index in [1.54, 1.807) is 0 Å². The topological polar surface area (TPSA) is 237 Å². The van der Waals surface area contributed by atoms with Crippen LogP contribution in [0.15, 0.2) is 0 Å². The molecule has 3 N–H and O–H groups in total. The molecule has 0 aromatic rings. The second-order valence-corrected chi connectivity index (χ2v) is 30.5. The third-order valence-corrected chi connectivity index (χ3v) is 19.1. The number of hydrogen-bond acceptors (Lipinski definition) is 15. The van der Waals surface area contributed by atoms with Crippen LogP contribution in [0.4, 0.5) is 0 Å². The molecule has 93 heavy (non-hydrogen) atoms. The van der Waals surface area contributed by atoms with Crippen LogP contribution in [-0.2, 0) is 65.4 Å². The average molecular weight is 1370 g/mol. The third-order valence-electron chi connectivity index (χ3n) is 17.2. The van der Waals surface area contributed by atoms with E-state index in [1.165, 1.54) is 186 Å². The first-order valence-electron chi connectivity index (χ1n) is 38.5. The van der Waals surface area contributed by atoms with Gasteiger partial charge in [-0.15, -0.1) is 0 Å². The lowest BCUT2D eigenvalue weighted by Crippen LogP contribution is -2.30. The van der Waals surface area contributed by atoms with Crippen molar-refractivity contribution >= 4 is 39.5 Å². The molecule has 0 radical (unpaired) electrons. The lowest BCUT2D eigenvalue weighted by molar-refractivity contribution is -0.161. The first-order valence-corrected chi connectivity index (χ1v) is 41.5. The van der Waals surface area contributed by atoms with E-state index in [9.17, 15) is 43.2 Å². The van der Waals surface area contributed by atoms with Crippen LogP contribution >= 0.6 is 15.6 Å². The van der Waals surface area contributed by atoms with Crippen LogP contribution in [0.5, 0.6) is 0 Å². The van der Waals surface area contributed by atoms with Gasteiger partial charge in [0, 0.05) is 25.7 Å². The molecule has 0 heterocycles. The molecule has 2 unspecified atom stereocenters. The Bertz CT molecular complexity index is 1800. The van der Waals surface area contributed by atoms with Gasteiger partial charge >= 0.3 is 39.5 Å². The zero-order valence-corrected chi connectivity index (χ0v) is 62.3. The largest absolute Gasteiger partial charge is 0.472 e. The van der Waals surface area contributed by atoms with Crippen LogP contribution in [0, 0.1) is 11.8 Å². The van der Waals surface area contributed by atoms with E-state index in [1.807, 2.05) is 0 Å². The maximum absolute atomic E-state index is 13.1. The second-order valence-electron chi connectivity index (χ2n) is 27.6. The van der Waals surface area contributed by atoms with Gasteiger partial charge in [0.2, 0.25) is 0 Å². The molecule has 552 valence electrons. The average Bonchev–Trinajstić information content (AvgIpc) is 2.17. The van der Waals surface area contributed by atoms with Crippen molar-refractivity contribution in [3.8, 4) is 0 Å². The summed E-state index contributed by atoms with van der Waals surface area (Å²) < 4.78 is 68.3. The van der Waals surface area contributed by atoms with Crippen molar-refractivity contribution in [1.82, 2.24) is 0 Å². The van der Waals surface area contributed by atoms with Crippen molar-refractivity contribution < 1.29 is 80.2 Å². The smallest absolute Gasteiger partial charge is 0.462 e. The van der Waals surface area contributed by atoms with Gasteiger partial charge in [-0.05, 0) is 37.5 Å². The first-order chi connectivity index (χ1) is 44.9. The molecule has 5 atom stereocenters. The molecule has 0 aliphatic heterocycles. The van der Waals surface area contributed by atoms with Crippen LogP contribution in [0.3, 0.4) is 0 Å². The van der Waals surface area contributed by atoms with Crippen molar-refractivity contribution in [3.05, 3.63) is 0 Å². The minimum atomic E-state index is -4.95. The van der Waals surface area contributed by atoms with Gasteiger partial charge in [-0.25, -0.2) is 9.13 Å². The summed E-state index contributed by atoms with van der Waals surface area (Å²) in [5, 5.41) is 10.6. The highest BCUT2D eigenvalue weighted by Crippen LogP contribution is 2.45. The van der Waals surface area contributed by atoms with Gasteiger partial charge in [-0.3, -0.25) is 37.3 Å². The third kappa shape index (κ3) is 68.4. The first kappa shape index (κ1) is 91.1. The molecule has 0 saturated heterocycles. The molecular weight excluding hydrogens is 1220 g/mol. The van der Waals surface area contributed by atoms with Crippen molar-refractivity contribution in [1.29, 1.82) is 0 Å². The fraction of sp³-hybridized carbons (Fsp3) is 0.946. The molecular formula is C74H144O17P2. The number of phosphoric ester groups is 2. The molecule has 0 aromatic heterocycles. The zero-order valence-electron chi connectivity index (χ0n) is 60.6. The maximum Gasteiger partial charge on any atom is 0.472 e. The van der Waals surface area contributed by atoms with Gasteiger partial charge in [0.1, 0.15) is 19.3 Å². The van der Waals surface area contributed by atoms with Crippen LogP contribution in [0.2, 0.25) is 0 Å². The minimum Gasteiger partial charge on any atom is -0.462 e. The normalized spacial score (nSPS) is 14.1. The quantitative estimate of drug-likeness (QED) is 0.0222. The summed E-state index contributed by atoms with van der Waals surface area (Å²) in [4.78, 5) is 72.5. The Kier molecular flexibility index (Phi) is 64.6. The number of rotatable bonds is 73. The number of aliphatic hydroxyl groups excluding tert-OH is 1. The van der Waals surface area contributed by atoms with Crippen molar-refractivity contribution in [2.45, 2.75) is 400 Å². The van der Waals surface area contributed by atoms with Crippen molar-refractivity contribution in [2.24, 2.45) is 11.8 Å². The lowest BCUT2D eigenvalue weighted by atomic mass is 10.0. The van der Waals surface area contributed by atoms with E-state index in [0.29, 0.717) is 25.7 Å². The molecule has 0 rings (SSSR count). The van der Waals surface area contributed by atoms with E-state index in [2.05, 4.69) is 41.5 Å². The van der Waals surface area contributed by atoms with Gasteiger partial charge in [-0.1, -0.05) is 330 Å². The highest BCUT2D eigenvalue weighted by atomic mass is 31.2. The zero-order chi connectivity index (χ0) is 68.6. The predicted molar refractivity (Wildman–Crippen MR) is 377 cm³/mol. The molecule has 0 bridgehead atoms. The Balaban J connectivity index is 5.13. The van der Waals surface area contributed by atoms with E-state index in [-0.39, 0.29) is 25.7 Å². The van der Waals surface area contributed by atoms with Crippen LogP contribution in [-0.4, -0.2) is 96.7 Å². The fourth-order valence-electron chi connectivity index (χ4n) is 11.3. The number of carbonyl (C=O) groups excluding carboxylic acids is 4. The van der Waals surface area contributed by atoms with E-state index >= 15 is 0 Å². The predicted octanol–water partition coefficient (Wildman–Crippen LogP) is 21.6. The molecule has 19 heteroatoms. The van der Waals surface area contributed by atoms with E-state index in [0.717, 1.165) is 115 Å². The SMILES string of the molecule is CCCCCCCCCCCCCCCCCCCCCCCCC(=O)O[C@H](COC(=O)CCCCCCCCCCCC(C)C)COP(=O)(O)OC[C@@H](O)COP(=O)(O)OC[C@@H](COC(=O)CCCCCCCCC)OC(=O)CCCCCCCCCCCC(C)C. The van der Waals surface area contributed by atoms with Gasteiger partial charge < -0.3 is 33.8 Å². The standard InChI is InChI=1S/C74H144O17P2/c1-7-9-11-13-15-16-17-18-19-20-21-22-23-24-25-26-27-28-33-40-46-52-58-73(78)91-70(63-85-72(77)57-51-45-39-34-29-31-37-42-48-54-66(3)4)65-89-93(82,83)87-61-68(75)60-86-92(80,81)88-64-69(62-84-71(76)56-50-44-36-14-12-10-8-2)90-74(79)59-53-47-41-35-30-32-38-43-49-55-67(5)6/h66-70,75H,7-65H2,1-6H3,(H,80,81)(H,82,83)/t68-,69+,70+/m0/s1. The summed E-state index contributed by atoms with van der Waals surface area (Å²) in [7, 11) is -9.90. The highest BCUT2D eigenvalue weighted by Gasteiger charge is 2.30. The molecule has 0 saturated carbocycles. The summed E-state index contributed by atoms with van der Waals surface area (Å²) in [6.07, 6.45) is 53.1. The maximum atomic E-state index is 13.1. The van der Waals surface area contributed by atoms with Gasteiger partial charge in [0.05, 0.1) is 26.4 Å². The van der Waals surface area contributed by atoms with Crippen LogP contribution in [0.1, 0.15) is 382 Å². The summed E-state index contributed by atoms with van der Waals surface area (Å²) >= 11 is 0. The molecule has 0 aliphatic carbocycles. The van der Waals surface area contributed by atoms with Gasteiger partial charge in [-0.2, -0.15) is 0 Å². The summed E-state index contributed by atoms with van der Waals surface area (Å²) in [5.74, 6) is -0.646. The number of unbranched alkanes of at least 4 members (excludes halogenated alkanes) is 43. The van der Waals surface area contributed by atoms with Crippen LogP contribution < -0.4 is 0 Å². The molecule has 0 fully saturated rings. The van der Waals surface area contributed by atoms with Crippen LogP contribution in [0.25, 0.3) is 0 Å². The van der Waals surface area contributed by atoms with Crippen molar-refractivity contribution in [2.75, 3.05) is 39.6 Å². The van der Waals surface area contributed by atoms with E-state index in [4.69, 9.17) is 37.0 Å². The van der Waals surface area contributed by atoms with E-state index < -0.39 is 97.5 Å². The number of esters is 4. The minimum absolute atomic E-state index is 0.105. The Hall–Kier alpha value is -1.94. The number of ether oxygens (including phenoxy) is 4. The Morgan fingerprint density at radius 2 is 0.495 bits per heavy atom. The van der Waals surface area contributed by atoms with Gasteiger partial charge in [0.25, 0.3) is 0 Å². The molecule has 0 spiro atoms. The van der Waals surface area contributed by atoms with Crippen molar-refractivity contribution in [3.63, 3.8) is 0 Å². The number of carbonyl (C=O) groups is 4. The molecule has 0 amide bonds. The monoisotopic (exact) mass is 1370 g/mol. The van der Waals surface area contributed by atoms with Gasteiger partial charge in [0.15, 0.2) is 12.2 Å². The summed E-state index contributed by atoms with van der Waals surface area (Å²) in [5.41, 5.74) is 0. The Morgan fingerprint density at radius 1 is 0.290 bits per heavy atom. The number of hydrogen-bond donors (Lipinski definition) is 3. The Morgan fingerprint density at radius 3 is 0.731 bits per heavy atom. The highest BCUT2D eigenvalue weighted by molar-refractivity contribution is 7.47. The summed E-state index contributed by atoms with van der Waals surface area (Å²) in [6, 6.07) is 0. The lowest BCUT2D eigenvalue weighted by Gasteiger charge is -2.21. The molecule has 17 nitrogen and oxygen atoms in total. The Labute approximate surface area is 568 Å². The fourth-order valence-corrected chi connectivity index (χ4v) is 12.9. The number of aliphatic hydroxyl groups is 1. The summed E-state index contributed by atoms with van der Waals surface area (Å²) in [6.45, 7) is 9.49. The second kappa shape index (κ2) is 66.0. The number of phosphoric acid groups is 2. The molecule has 0 aromatic carbocycles. The molecule has 0 aliphatic rings.